The summed E-state index contributed by atoms with van der Waals surface area (Å²) in [6.45, 7) is 1.54. The maximum absolute atomic E-state index is 13.6. The van der Waals surface area contributed by atoms with Gasteiger partial charge in [0.15, 0.2) is 17.3 Å². The molecule has 0 fully saturated rings. The smallest absolute Gasteiger partial charge is 0.295 e. The number of imidazole rings is 1. The molecule has 0 atom stereocenters. The third-order valence-electron chi connectivity index (χ3n) is 2.31. The van der Waals surface area contributed by atoms with E-state index >= 15 is 0 Å². The molecule has 17 heavy (non-hydrogen) atoms. The molecule has 0 unspecified atom stereocenters. The number of hydrogen-bond donors (Lipinski definition) is 0. The summed E-state index contributed by atoms with van der Waals surface area (Å²) in [7, 11) is 0. The van der Waals surface area contributed by atoms with Crippen molar-refractivity contribution in [2.24, 2.45) is 0 Å². The Bertz CT molecular complexity index is 595. The minimum atomic E-state index is -1.26. The number of halogens is 2. The van der Waals surface area contributed by atoms with Crippen molar-refractivity contribution >= 4 is 5.69 Å². The highest BCUT2D eigenvalue weighted by molar-refractivity contribution is 5.54. The molecule has 0 saturated heterocycles. The van der Waals surface area contributed by atoms with Crippen molar-refractivity contribution in [3.05, 3.63) is 52.1 Å². The van der Waals surface area contributed by atoms with Gasteiger partial charge in [-0.3, -0.25) is 14.7 Å². The first-order valence-electron chi connectivity index (χ1n) is 4.65. The Labute approximate surface area is 94.5 Å². The first-order valence-corrected chi connectivity index (χ1v) is 4.65. The molecule has 7 heteroatoms. The Balaban J connectivity index is 2.79. The van der Waals surface area contributed by atoms with E-state index in [0.717, 1.165) is 16.7 Å². The molecule has 1 aromatic heterocycles. The maximum atomic E-state index is 13.6. The van der Waals surface area contributed by atoms with Gasteiger partial charge in [-0.05, 0) is 13.0 Å². The van der Waals surface area contributed by atoms with E-state index in [2.05, 4.69) is 4.98 Å². The molecular formula is C10H7F2N3O2. The largest absolute Gasteiger partial charge is 0.296 e. The molecule has 2 aromatic rings. The Kier molecular flexibility index (Phi) is 2.58. The number of hydrogen-bond acceptors (Lipinski definition) is 3. The molecule has 0 aliphatic rings. The van der Waals surface area contributed by atoms with Crippen molar-refractivity contribution in [1.29, 1.82) is 0 Å². The van der Waals surface area contributed by atoms with Crippen LogP contribution in [0.5, 0.6) is 0 Å². The summed E-state index contributed by atoms with van der Waals surface area (Å²) < 4.78 is 27.9. The van der Waals surface area contributed by atoms with E-state index in [1.165, 1.54) is 19.3 Å². The molecule has 0 N–H and O–H groups in total. The number of aryl methyl sites for hydroxylation is 1. The van der Waals surface area contributed by atoms with E-state index < -0.39 is 27.9 Å². The van der Waals surface area contributed by atoms with Gasteiger partial charge in [-0.25, -0.2) is 13.8 Å². The predicted octanol–water partition coefficient (Wildman–Crippen LogP) is 2.37. The molecule has 0 saturated carbocycles. The van der Waals surface area contributed by atoms with Crippen LogP contribution in [0.3, 0.4) is 0 Å². The quantitative estimate of drug-likeness (QED) is 0.597. The van der Waals surface area contributed by atoms with Gasteiger partial charge >= 0.3 is 0 Å². The molecule has 88 valence electrons. The highest BCUT2D eigenvalue weighted by Gasteiger charge is 2.23. The first-order chi connectivity index (χ1) is 8.02. The summed E-state index contributed by atoms with van der Waals surface area (Å²) in [6, 6.07) is 1.65. The minimum Gasteiger partial charge on any atom is -0.295 e. The van der Waals surface area contributed by atoms with Crippen molar-refractivity contribution in [2.45, 2.75) is 6.92 Å². The minimum absolute atomic E-state index is 0.331. The summed E-state index contributed by atoms with van der Waals surface area (Å²) in [5, 5.41) is 10.8. The van der Waals surface area contributed by atoms with Crippen LogP contribution in [0.15, 0.2) is 24.5 Å². The van der Waals surface area contributed by atoms with Crippen LogP contribution in [0.2, 0.25) is 0 Å². The number of rotatable bonds is 2. The Hall–Kier alpha value is -2.31. The van der Waals surface area contributed by atoms with Crippen LogP contribution in [-0.2, 0) is 0 Å². The van der Waals surface area contributed by atoms with Gasteiger partial charge in [0.25, 0.3) is 5.69 Å². The van der Waals surface area contributed by atoms with Crippen molar-refractivity contribution in [2.75, 3.05) is 0 Å². The number of nitrogens with zero attached hydrogens (tertiary/aromatic N) is 3. The zero-order chi connectivity index (χ0) is 12.6. The molecule has 0 aliphatic carbocycles. The lowest BCUT2D eigenvalue weighted by Gasteiger charge is -2.07. The van der Waals surface area contributed by atoms with Gasteiger partial charge in [0, 0.05) is 18.5 Å². The van der Waals surface area contributed by atoms with Gasteiger partial charge in [-0.1, -0.05) is 0 Å². The molecular weight excluding hydrogens is 232 g/mol. The fourth-order valence-electron chi connectivity index (χ4n) is 1.52. The fourth-order valence-corrected chi connectivity index (χ4v) is 1.52. The zero-order valence-electron chi connectivity index (χ0n) is 8.72. The Morgan fingerprint density at radius 3 is 2.65 bits per heavy atom. The van der Waals surface area contributed by atoms with E-state index in [1.54, 1.807) is 0 Å². The predicted molar refractivity (Wildman–Crippen MR) is 54.9 cm³/mol. The molecule has 1 heterocycles. The molecule has 0 spiro atoms. The van der Waals surface area contributed by atoms with Crippen molar-refractivity contribution in [3.63, 3.8) is 0 Å². The Morgan fingerprint density at radius 2 is 2.12 bits per heavy atom. The standard InChI is InChI=1S/C10H7F2N3O2/c1-6-13-4-5-14(6)10-8(15(16)17)3-2-7(11)9(10)12/h2-5H,1H3. The van der Waals surface area contributed by atoms with Gasteiger partial charge in [0.1, 0.15) is 5.82 Å². The summed E-state index contributed by atoms with van der Waals surface area (Å²) in [6.07, 6.45) is 2.68. The van der Waals surface area contributed by atoms with E-state index in [4.69, 9.17) is 0 Å². The molecule has 0 aliphatic heterocycles. The lowest BCUT2D eigenvalue weighted by molar-refractivity contribution is -0.384. The van der Waals surface area contributed by atoms with Crippen molar-refractivity contribution in [1.82, 2.24) is 9.55 Å². The normalized spacial score (nSPS) is 10.5. The zero-order valence-corrected chi connectivity index (χ0v) is 8.72. The van der Waals surface area contributed by atoms with Crippen LogP contribution in [0, 0.1) is 28.7 Å². The van der Waals surface area contributed by atoms with Crippen LogP contribution in [-0.4, -0.2) is 14.5 Å². The van der Waals surface area contributed by atoms with Gasteiger partial charge in [0.2, 0.25) is 0 Å². The van der Waals surface area contributed by atoms with Crippen LogP contribution in [0.4, 0.5) is 14.5 Å². The van der Waals surface area contributed by atoms with Gasteiger partial charge in [-0.2, -0.15) is 0 Å². The van der Waals surface area contributed by atoms with E-state index in [9.17, 15) is 18.9 Å². The molecule has 0 bridgehead atoms. The highest BCUT2D eigenvalue weighted by atomic mass is 19.2. The number of benzene rings is 1. The second kappa shape index (κ2) is 3.93. The second-order valence-electron chi connectivity index (χ2n) is 3.33. The topological polar surface area (TPSA) is 61.0 Å². The lowest BCUT2D eigenvalue weighted by atomic mass is 10.2. The molecule has 0 amide bonds. The van der Waals surface area contributed by atoms with Crippen LogP contribution in [0.25, 0.3) is 5.69 Å². The monoisotopic (exact) mass is 239 g/mol. The molecule has 2 rings (SSSR count). The van der Waals surface area contributed by atoms with Gasteiger partial charge in [-0.15, -0.1) is 0 Å². The van der Waals surface area contributed by atoms with E-state index in [1.807, 2.05) is 0 Å². The average Bonchev–Trinajstić information content (AvgIpc) is 2.68. The highest BCUT2D eigenvalue weighted by Crippen LogP contribution is 2.28. The maximum Gasteiger partial charge on any atom is 0.296 e. The van der Waals surface area contributed by atoms with Crippen molar-refractivity contribution in [3.8, 4) is 5.69 Å². The first kappa shape index (κ1) is 11.2. The fraction of sp³-hybridized carbons (Fsp3) is 0.100. The van der Waals surface area contributed by atoms with Crippen LogP contribution < -0.4 is 0 Å². The molecule has 1 aromatic carbocycles. The summed E-state index contributed by atoms with van der Waals surface area (Å²) in [5.74, 6) is -2.07. The Morgan fingerprint density at radius 1 is 1.41 bits per heavy atom. The van der Waals surface area contributed by atoms with E-state index in [0.29, 0.717) is 5.82 Å². The SMILES string of the molecule is Cc1nccn1-c1c([N+](=O)[O-])ccc(F)c1F. The summed E-state index contributed by atoms with van der Waals surface area (Å²) in [5.41, 5.74) is -0.949. The third-order valence-corrected chi connectivity index (χ3v) is 2.31. The van der Waals surface area contributed by atoms with Crippen LogP contribution in [0.1, 0.15) is 5.82 Å². The second-order valence-corrected chi connectivity index (χ2v) is 3.33. The third kappa shape index (κ3) is 1.75. The van der Waals surface area contributed by atoms with Crippen molar-refractivity contribution < 1.29 is 13.7 Å². The van der Waals surface area contributed by atoms with Gasteiger partial charge < -0.3 is 0 Å². The van der Waals surface area contributed by atoms with E-state index in [-0.39, 0.29) is 0 Å². The summed E-state index contributed by atoms with van der Waals surface area (Å²) in [4.78, 5) is 13.8. The molecule has 0 radical (unpaired) electrons. The summed E-state index contributed by atoms with van der Waals surface area (Å²) >= 11 is 0. The number of aromatic nitrogens is 2. The number of nitro groups is 1. The number of nitro benzene ring substituents is 1. The lowest BCUT2D eigenvalue weighted by Crippen LogP contribution is -2.05. The molecule has 5 nitrogen and oxygen atoms in total. The van der Waals surface area contributed by atoms with Gasteiger partial charge in [0.05, 0.1) is 4.92 Å². The average molecular weight is 239 g/mol. The van der Waals surface area contributed by atoms with Crippen LogP contribution >= 0.6 is 0 Å².